The van der Waals surface area contributed by atoms with Gasteiger partial charge in [0.15, 0.2) is 0 Å². The lowest BCUT2D eigenvalue weighted by Gasteiger charge is -2.32. The lowest BCUT2D eigenvalue weighted by molar-refractivity contribution is 0.0730. The maximum absolute atomic E-state index is 13.6. The molecule has 2 heterocycles. The van der Waals surface area contributed by atoms with E-state index >= 15 is 0 Å². The summed E-state index contributed by atoms with van der Waals surface area (Å²) in [4.78, 5) is 15.1. The van der Waals surface area contributed by atoms with E-state index in [0.29, 0.717) is 76.8 Å². The summed E-state index contributed by atoms with van der Waals surface area (Å²) >= 11 is 0. The van der Waals surface area contributed by atoms with Gasteiger partial charge in [0.05, 0.1) is 39.2 Å². The summed E-state index contributed by atoms with van der Waals surface area (Å²) in [7, 11) is -2.18. The Labute approximate surface area is 200 Å². The Hall–Kier alpha value is -2.66. The molecule has 2 fully saturated rings. The standard InChI is InChI=1S/C24H31N3O6S/c1-31-22-5-3-2-4-19(22)8-9-25-24(28)20-6-7-21(26-10-14-32-15-11-26)23(18-20)34(29,30)27-12-16-33-17-13-27/h2-7,18H,8-17H2,1H3,(H,25,28). The highest BCUT2D eigenvalue weighted by Gasteiger charge is 2.31. The summed E-state index contributed by atoms with van der Waals surface area (Å²) in [5, 5.41) is 2.90. The van der Waals surface area contributed by atoms with Gasteiger partial charge in [-0.3, -0.25) is 4.79 Å². The molecule has 0 atom stereocenters. The number of rotatable bonds is 8. The molecule has 0 aliphatic carbocycles. The molecule has 0 unspecified atom stereocenters. The summed E-state index contributed by atoms with van der Waals surface area (Å²) in [5.41, 5.74) is 1.90. The Kier molecular flexibility index (Phi) is 8.04. The number of amides is 1. The predicted octanol–water partition coefficient (Wildman–Crippen LogP) is 1.53. The predicted molar refractivity (Wildman–Crippen MR) is 128 cm³/mol. The van der Waals surface area contributed by atoms with E-state index < -0.39 is 10.0 Å². The first kappa shape index (κ1) is 24.5. The molecule has 1 amide bonds. The van der Waals surface area contributed by atoms with Crippen molar-refractivity contribution in [1.29, 1.82) is 0 Å². The third-order valence-corrected chi connectivity index (χ3v) is 7.96. The number of methoxy groups -OCH3 is 1. The molecule has 0 radical (unpaired) electrons. The van der Waals surface area contributed by atoms with E-state index in [1.165, 1.54) is 10.4 Å². The number of anilines is 1. The summed E-state index contributed by atoms with van der Waals surface area (Å²) in [6.07, 6.45) is 0.598. The minimum atomic E-state index is -3.80. The van der Waals surface area contributed by atoms with Crippen molar-refractivity contribution >= 4 is 21.6 Å². The van der Waals surface area contributed by atoms with E-state index in [2.05, 4.69) is 5.32 Å². The lowest BCUT2D eigenvalue weighted by Crippen LogP contribution is -2.42. The van der Waals surface area contributed by atoms with Crippen molar-refractivity contribution in [2.45, 2.75) is 11.3 Å². The molecule has 2 saturated heterocycles. The van der Waals surface area contributed by atoms with Crippen molar-refractivity contribution in [1.82, 2.24) is 9.62 Å². The van der Waals surface area contributed by atoms with Gasteiger partial charge < -0.3 is 24.4 Å². The third-order valence-electron chi connectivity index (χ3n) is 6.03. The van der Waals surface area contributed by atoms with Crippen LogP contribution in [-0.2, 0) is 25.9 Å². The van der Waals surface area contributed by atoms with Crippen LogP contribution in [0.2, 0.25) is 0 Å². The van der Waals surface area contributed by atoms with Gasteiger partial charge in [-0.15, -0.1) is 0 Å². The highest BCUT2D eigenvalue weighted by atomic mass is 32.2. The fourth-order valence-corrected chi connectivity index (χ4v) is 5.82. The van der Waals surface area contributed by atoms with Gasteiger partial charge in [-0.1, -0.05) is 18.2 Å². The van der Waals surface area contributed by atoms with Gasteiger partial charge in [0.2, 0.25) is 10.0 Å². The van der Waals surface area contributed by atoms with Gasteiger partial charge in [-0.2, -0.15) is 4.31 Å². The van der Waals surface area contributed by atoms with E-state index in [-0.39, 0.29) is 10.8 Å². The van der Waals surface area contributed by atoms with Gasteiger partial charge in [0.1, 0.15) is 10.6 Å². The summed E-state index contributed by atoms with van der Waals surface area (Å²) in [5.74, 6) is 0.451. The van der Waals surface area contributed by atoms with Crippen LogP contribution < -0.4 is 15.0 Å². The molecule has 0 spiro atoms. The molecular formula is C24H31N3O6S. The van der Waals surface area contributed by atoms with Gasteiger partial charge in [0.25, 0.3) is 5.91 Å². The minimum Gasteiger partial charge on any atom is -0.496 e. The normalized spacial score (nSPS) is 17.4. The van der Waals surface area contributed by atoms with Crippen LogP contribution in [0.3, 0.4) is 0 Å². The summed E-state index contributed by atoms with van der Waals surface area (Å²) in [6, 6.07) is 12.6. The number of carbonyl (C=O) groups is 1. The van der Waals surface area contributed by atoms with Gasteiger partial charge in [-0.05, 0) is 36.2 Å². The van der Waals surface area contributed by atoms with Gasteiger partial charge in [-0.25, -0.2) is 8.42 Å². The second-order valence-corrected chi connectivity index (χ2v) is 10.0. The molecule has 0 aromatic heterocycles. The molecule has 0 saturated carbocycles. The van der Waals surface area contributed by atoms with Crippen LogP contribution in [0.1, 0.15) is 15.9 Å². The van der Waals surface area contributed by atoms with Crippen molar-refractivity contribution < 1.29 is 27.4 Å². The highest BCUT2D eigenvalue weighted by Crippen LogP contribution is 2.30. The molecule has 2 aromatic rings. The first-order valence-corrected chi connectivity index (χ1v) is 12.9. The van der Waals surface area contributed by atoms with E-state index in [4.69, 9.17) is 14.2 Å². The Morgan fingerprint density at radius 2 is 1.68 bits per heavy atom. The van der Waals surface area contributed by atoms with E-state index in [0.717, 1.165) is 11.3 Å². The molecule has 184 valence electrons. The third kappa shape index (κ3) is 5.52. The number of carbonyl (C=O) groups excluding carboxylic acids is 1. The molecule has 1 N–H and O–H groups in total. The fourth-order valence-electron chi connectivity index (χ4n) is 4.18. The van der Waals surface area contributed by atoms with Crippen LogP contribution in [0.5, 0.6) is 5.75 Å². The van der Waals surface area contributed by atoms with Crippen molar-refractivity contribution in [3.8, 4) is 5.75 Å². The number of hydrogen-bond donors (Lipinski definition) is 1. The second-order valence-electron chi connectivity index (χ2n) is 8.12. The smallest absolute Gasteiger partial charge is 0.251 e. The molecular weight excluding hydrogens is 458 g/mol. The zero-order chi connectivity index (χ0) is 24.0. The van der Waals surface area contributed by atoms with Crippen molar-refractivity contribution in [3.05, 3.63) is 53.6 Å². The summed E-state index contributed by atoms with van der Waals surface area (Å²) in [6.45, 7) is 3.94. The number of nitrogens with zero attached hydrogens (tertiary/aromatic N) is 2. The topological polar surface area (TPSA) is 97.4 Å². The quantitative estimate of drug-likeness (QED) is 0.601. The van der Waals surface area contributed by atoms with Crippen molar-refractivity contribution in [3.63, 3.8) is 0 Å². The van der Waals surface area contributed by atoms with E-state index in [9.17, 15) is 13.2 Å². The van der Waals surface area contributed by atoms with Crippen molar-refractivity contribution in [2.24, 2.45) is 0 Å². The SMILES string of the molecule is COc1ccccc1CCNC(=O)c1ccc(N2CCOCC2)c(S(=O)(=O)N2CCOCC2)c1. The lowest BCUT2D eigenvalue weighted by atomic mass is 10.1. The molecule has 0 bridgehead atoms. The molecule has 9 nitrogen and oxygen atoms in total. The number of hydrogen-bond acceptors (Lipinski definition) is 7. The Morgan fingerprint density at radius 3 is 2.38 bits per heavy atom. The van der Waals surface area contributed by atoms with Crippen LogP contribution in [-0.4, -0.2) is 84.9 Å². The molecule has 4 rings (SSSR count). The molecule has 34 heavy (non-hydrogen) atoms. The summed E-state index contributed by atoms with van der Waals surface area (Å²) < 4.78 is 44.7. The Morgan fingerprint density at radius 1 is 1.00 bits per heavy atom. The fraction of sp³-hybridized carbons (Fsp3) is 0.458. The largest absolute Gasteiger partial charge is 0.496 e. The number of sulfonamides is 1. The van der Waals surface area contributed by atoms with E-state index in [1.807, 2.05) is 29.2 Å². The van der Waals surface area contributed by atoms with Crippen molar-refractivity contribution in [2.75, 3.05) is 71.2 Å². The second kappa shape index (κ2) is 11.2. The number of morpholine rings is 2. The number of benzene rings is 2. The zero-order valence-corrected chi connectivity index (χ0v) is 20.2. The van der Waals surface area contributed by atoms with Crippen LogP contribution >= 0.6 is 0 Å². The average molecular weight is 490 g/mol. The van der Waals surface area contributed by atoms with Crippen LogP contribution in [0, 0.1) is 0 Å². The highest BCUT2D eigenvalue weighted by molar-refractivity contribution is 7.89. The molecule has 2 aliphatic heterocycles. The number of ether oxygens (including phenoxy) is 3. The Bertz CT molecular complexity index is 1100. The molecule has 10 heteroatoms. The van der Waals surface area contributed by atoms with Gasteiger partial charge in [0, 0.05) is 38.3 Å². The first-order valence-electron chi connectivity index (χ1n) is 11.5. The minimum absolute atomic E-state index is 0.147. The Balaban J connectivity index is 1.55. The molecule has 2 aliphatic rings. The van der Waals surface area contributed by atoms with Crippen LogP contribution in [0.4, 0.5) is 5.69 Å². The zero-order valence-electron chi connectivity index (χ0n) is 19.4. The van der Waals surface area contributed by atoms with Crippen LogP contribution in [0.25, 0.3) is 0 Å². The van der Waals surface area contributed by atoms with E-state index in [1.54, 1.807) is 19.2 Å². The van der Waals surface area contributed by atoms with Crippen LogP contribution in [0.15, 0.2) is 47.4 Å². The maximum Gasteiger partial charge on any atom is 0.251 e. The number of nitrogens with one attached hydrogen (secondary N) is 1. The monoisotopic (exact) mass is 489 g/mol. The average Bonchev–Trinajstić information content (AvgIpc) is 2.89. The first-order chi connectivity index (χ1) is 16.5. The van der Waals surface area contributed by atoms with Gasteiger partial charge >= 0.3 is 0 Å². The molecule has 2 aromatic carbocycles. The maximum atomic E-state index is 13.6. The number of para-hydroxylation sites is 1.